The molecule has 0 radical (unpaired) electrons. The number of methoxy groups -OCH3 is 1. The van der Waals surface area contributed by atoms with Crippen molar-refractivity contribution in [3.05, 3.63) is 0 Å². The summed E-state index contributed by atoms with van der Waals surface area (Å²) in [5, 5.41) is 8.70. The van der Waals surface area contributed by atoms with Crippen LogP contribution in [0.5, 0.6) is 0 Å². The Hall–Kier alpha value is -1.10. The molecule has 1 amide bonds. The molecular formula is C10H19NO4. The average Bonchev–Trinajstić information content (AvgIpc) is 2.16. The van der Waals surface area contributed by atoms with E-state index in [2.05, 4.69) is 0 Å². The zero-order chi connectivity index (χ0) is 12.2. The third-order valence-electron chi connectivity index (χ3n) is 2.34. The van der Waals surface area contributed by atoms with Crippen LogP contribution in [-0.4, -0.2) is 48.2 Å². The van der Waals surface area contributed by atoms with Crippen LogP contribution in [0.3, 0.4) is 0 Å². The zero-order valence-corrected chi connectivity index (χ0v) is 9.90. The van der Waals surface area contributed by atoms with Crippen LogP contribution in [0, 0.1) is 5.92 Å². The summed E-state index contributed by atoms with van der Waals surface area (Å²) in [5.74, 6) is -1.71. The van der Waals surface area contributed by atoms with Crippen molar-refractivity contribution in [3.63, 3.8) is 0 Å². The van der Waals surface area contributed by atoms with Crippen molar-refractivity contribution in [2.75, 3.05) is 20.7 Å². The molecule has 0 rings (SSSR count). The minimum absolute atomic E-state index is 0.182. The van der Waals surface area contributed by atoms with Gasteiger partial charge in [0.25, 0.3) is 5.91 Å². The fourth-order valence-corrected chi connectivity index (χ4v) is 1.12. The second kappa shape index (κ2) is 5.11. The highest BCUT2D eigenvalue weighted by atomic mass is 16.5. The van der Waals surface area contributed by atoms with E-state index in [1.54, 1.807) is 27.8 Å². The van der Waals surface area contributed by atoms with Crippen molar-refractivity contribution in [3.8, 4) is 0 Å². The SMILES string of the molecule is COC(C)(C)C(=O)N(C)CC(C)C(=O)O. The third-order valence-corrected chi connectivity index (χ3v) is 2.34. The molecule has 88 valence electrons. The number of aliphatic carboxylic acids is 1. The summed E-state index contributed by atoms with van der Waals surface area (Å²) in [6.45, 7) is 5.04. The number of hydrogen-bond acceptors (Lipinski definition) is 3. The summed E-state index contributed by atoms with van der Waals surface area (Å²) < 4.78 is 5.02. The molecule has 0 spiro atoms. The molecule has 0 fully saturated rings. The van der Waals surface area contributed by atoms with Crippen LogP contribution in [0.4, 0.5) is 0 Å². The molecule has 0 bridgehead atoms. The highest BCUT2D eigenvalue weighted by Gasteiger charge is 2.31. The highest BCUT2D eigenvalue weighted by Crippen LogP contribution is 2.12. The molecule has 5 heteroatoms. The van der Waals surface area contributed by atoms with Crippen molar-refractivity contribution < 1.29 is 19.4 Å². The number of carboxylic acid groups (broad SMARTS) is 1. The summed E-state index contributed by atoms with van der Waals surface area (Å²) in [6, 6.07) is 0. The fraction of sp³-hybridized carbons (Fsp3) is 0.800. The van der Waals surface area contributed by atoms with Gasteiger partial charge in [0, 0.05) is 20.7 Å². The second-order valence-corrected chi connectivity index (χ2v) is 4.14. The van der Waals surface area contributed by atoms with E-state index in [1.165, 1.54) is 12.0 Å². The maximum atomic E-state index is 11.8. The molecule has 5 nitrogen and oxygen atoms in total. The summed E-state index contributed by atoms with van der Waals surface area (Å²) in [6.07, 6.45) is 0. The van der Waals surface area contributed by atoms with Crippen LogP contribution >= 0.6 is 0 Å². The topological polar surface area (TPSA) is 66.8 Å². The molecule has 1 N–H and O–H groups in total. The highest BCUT2D eigenvalue weighted by molar-refractivity contribution is 5.84. The lowest BCUT2D eigenvalue weighted by molar-refractivity contribution is -0.151. The summed E-state index contributed by atoms with van der Waals surface area (Å²) >= 11 is 0. The van der Waals surface area contributed by atoms with Gasteiger partial charge < -0.3 is 14.7 Å². The van der Waals surface area contributed by atoms with Crippen LogP contribution in [0.2, 0.25) is 0 Å². The maximum Gasteiger partial charge on any atom is 0.308 e. The van der Waals surface area contributed by atoms with Gasteiger partial charge in [0.2, 0.25) is 0 Å². The van der Waals surface area contributed by atoms with E-state index in [1.807, 2.05) is 0 Å². The normalized spacial score (nSPS) is 13.4. The van der Waals surface area contributed by atoms with E-state index in [0.717, 1.165) is 0 Å². The average molecular weight is 217 g/mol. The Morgan fingerprint density at radius 1 is 1.47 bits per heavy atom. The maximum absolute atomic E-state index is 11.8. The monoisotopic (exact) mass is 217 g/mol. The fourth-order valence-electron chi connectivity index (χ4n) is 1.12. The van der Waals surface area contributed by atoms with Gasteiger partial charge in [-0.3, -0.25) is 9.59 Å². The van der Waals surface area contributed by atoms with Crippen LogP contribution < -0.4 is 0 Å². The first kappa shape index (κ1) is 13.9. The van der Waals surface area contributed by atoms with Gasteiger partial charge in [0.15, 0.2) is 0 Å². The Labute approximate surface area is 90.0 Å². The lowest BCUT2D eigenvalue weighted by atomic mass is 10.1. The molecule has 0 aromatic heterocycles. The molecule has 1 unspecified atom stereocenters. The van der Waals surface area contributed by atoms with E-state index in [9.17, 15) is 9.59 Å². The Bertz CT molecular complexity index is 250. The van der Waals surface area contributed by atoms with Crippen LogP contribution in [0.1, 0.15) is 20.8 Å². The predicted molar refractivity (Wildman–Crippen MR) is 55.5 cm³/mol. The molecule has 0 aliphatic rings. The van der Waals surface area contributed by atoms with Gasteiger partial charge in [0.05, 0.1) is 5.92 Å². The Balaban J connectivity index is 4.40. The first-order valence-corrected chi connectivity index (χ1v) is 4.76. The molecule has 1 atom stereocenters. The van der Waals surface area contributed by atoms with Gasteiger partial charge in [-0.05, 0) is 13.8 Å². The van der Waals surface area contributed by atoms with Crippen molar-refractivity contribution in [1.29, 1.82) is 0 Å². The van der Waals surface area contributed by atoms with Crippen molar-refractivity contribution in [2.24, 2.45) is 5.92 Å². The number of carbonyl (C=O) groups is 2. The lowest BCUT2D eigenvalue weighted by Gasteiger charge is -2.29. The summed E-state index contributed by atoms with van der Waals surface area (Å²) in [5.41, 5.74) is -0.910. The second-order valence-electron chi connectivity index (χ2n) is 4.14. The number of amides is 1. The number of likely N-dealkylation sites (N-methyl/N-ethyl adjacent to an activating group) is 1. The first-order chi connectivity index (χ1) is 6.72. The number of ether oxygens (including phenoxy) is 1. The number of rotatable bonds is 5. The lowest BCUT2D eigenvalue weighted by Crippen LogP contribution is -2.46. The van der Waals surface area contributed by atoms with Crippen molar-refractivity contribution in [2.45, 2.75) is 26.4 Å². The van der Waals surface area contributed by atoms with Crippen molar-refractivity contribution in [1.82, 2.24) is 4.90 Å². The molecule has 0 aliphatic heterocycles. The molecule has 0 aromatic carbocycles. The Morgan fingerprint density at radius 3 is 2.27 bits per heavy atom. The number of carbonyl (C=O) groups excluding carboxylic acids is 1. The van der Waals surface area contributed by atoms with Gasteiger partial charge in [-0.25, -0.2) is 0 Å². The van der Waals surface area contributed by atoms with E-state index in [-0.39, 0.29) is 12.5 Å². The minimum Gasteiger partial charge on any atom is -0.481 e. The van der Waals surface area contributed by atoms with E-state index in [4.69, 9.17) is 9.84 Å². The number of carboxylic acids is 1. The van der Waals surface area contributed by atoms with E-state index >= 15 is 0 Å². The molecule has 0 saturated heterocycles. The Morgan fingerprint density at radius 2 is 1.93 bits per heavy atom. The van der Waals surface area contributed by atoms with Crippen LogP contribution in [0.25, 0.3) is 0 Å². The molecular weight excluding hydrogens is 198 g/mol. The minimum atomic E-state index is -0.912. The van der Waals surface area contributed by atoms with Gasteiger partial charge in [-0.1, -0.05) is 6.92 Å². The predicted octanol–water partition coefficient (Wildman–Crippen LogP) is 0.591. The number of hydrogen-bond donors (Lipinski definition) is 1. The Kier molecular flexibility index (Phi) is 4.74. The van der Waals surface area contributed by atoms with Gasteiger partial charge in [0.1, 0.15) is 5.60 Å². The van der Waals surface area contributed by atoms with Gasteiger partial charge in [-0.2, -0.15) is 0 Å². The molecule has 0 aromatic rings. The molecule has 0 heterocycles. The zero-order valence-electron chi connectivity index (χ0n) is 9.90. The van der Waals surface area contributed by atoms with Gasteiger partial charge in [-0.15, -0.1) is 0 Å². The molecule has 0 saturated carbocycles. The molecule has 0 aliphatic carbocycles. The third kappa shape index (κ3) is 3.87. The van der Waals surface area contributed by atoms with E-state index < -0.39 is 17.5 Å². The first-order valence-electron chi connectivity index (χ1n) is 4.76. The van der Waals surface area contributed by atoms with Crippen molar-refractivity contribution >= 4 is 11.9 Å². The summed E-state index contributed by atoms with van der Waals surface area (Å²) in [4.78, 5) is 23.7. The summed E-state index contributed by atoms with van der Waals surface area (Å²) in [7, 11) is 3.02. The largest absolute Gasteiger partial charge is 0.481 e. The smallest absolute Gasteiger partial charge is 0.308 e. The quantitative estimate of drug-likeness (QED) is 0.732. The molecule has 15 heavy (non-hydrogen) atoms. The van der Waals surface area contributed by atoms with Crippen LogP contribution in [0.15, 0.2) is 0 Å². The van der Waals surface area contributed by atoms with Gasteiger partial charge >= 0.3 is 5.97 Å². The standard InChI is InChI=1S/C10H19NO4/c1-7(8(12)13)6-11(4)9(14)10(2,3)15-5/h7H,6H2,1-5H3,(H,12,13). The van der Waals surface area contributed by atoms with Crippen LogP contribution in [-0.2, 0) is 14.3 Å². The number of nitrogens with zero attached hydrogens (tertiary/aromatic N) is 1. The van der Waals surface area contributed by atoms with E-state index in [0.29, 0.717) is 0 Å².